The number of nitrogens with zero attached hydrogens (tertiary/aromatic N) is 3. The van der Waals surface area contributed by atoms with Gasteiger partial charge in [0.05, 0.1) is 6.04 Å². The highest BCUT2D eigenvalue weighted by Gasteiger charge is 2.49. The number of carboxylic acid groups (broad SMARTS) is 1. The van der Waals surface area contributed by atoms with Crippen molar-refractivity contribution < 1.29 is 9.90 Å². The lowest BCUT2D eigenvalue weighted by Crippen LogP contribution is -2.46. The van der Waals surface area contributed by atoms with E-state index in [0.29, 0.717) is 11.9 Å². The van der Waals surface area contributed by atoms with Gasteiger partial charge in [0.15, 0.2) is 5.82 Å². The molecule has 0 amide bonds. The van der Waals surface area contributed by atoms with Gasteiger partial charge in [-0.15, -0.1) is 0 Å². The van der Waals surface area contributed by atoms with Crippen LogP contribution in [0.4, 0.5) is 0 Å². The van der Waals surface area contributed by atoms with Crippen molar-refractivity contribution in [2.45, 2.75) is 51.5 Å². The van der Waals surface area contributed by atoms with Gasteiger partial charge in [-0.1, -0.05) is 0 Å². The summed E-state index contributed by atoms with van der Waals surface area (Å²) in [6, 6.07) is 0.470. The second kappa shape index (κ2) is 4.30. The molecular weight excluding hydrogens is 254 g/mol. The lowest BCUT2D eigenvalue weighted by Gasteiger charge is -2.54. The molecule has 5 nitrogen and oxygen atoms in total. The van der Waals surface area contributed by atoms with E-state index in [1.165, 1.54) is 32.1 Å². The number of hydrogen-bond donors (Lipinski definition) is 1. The monoisotopic (exact) mass is 275 g/mol. The Labute approximate surface area is 118 Å². The van der Waals surface area contributed by atoms with Crippen molar-refractivity contribution >= 4 is 5.97 Å². The zero-order valence-corrected chi connectivity index (χ0v) is 11.8. The molecule has 4 aliphatic rings. The van der Waals surface area contributed by atoms with Crippen molar-refractivity contribution in [3.8, 4) is 0 Å². The Morgan fingerprint density at radius 1 is 1.20 bits per heavy atom. The van der Waals surface area contributed by atoms with Crippen LogP contribution in [0.25, 0.3) is 0 Å². The number of aryl methyl sites for hydroxylation is 1. The normalized spacial score (nSPS) is 38.4. The first-order valence-electron chi connectivity index (χ1n) is 7.74. The van der Waals surface area contributed by atoms with Gasteiger partial charge in [0.1, 0.15) is 12.2 Å². The van der Waals surface area contributed by atoms with Gasteiger partial charge < -0.3 is 5.11 Å². The highest BCUT2D eigenvalue weighted by atomic mass is 16.4. The van der Waals surface area contributed by atoms with Gasteiger partial charge >= 0.3 is 5.97 Å². The Morgan fingerprint density at radius 3 is 2.35 bits per heavy atom. The van der Waals surface area contributed by atoms with E-state index in [9.17, 15) is 4.79 Å². The standard InChI is InChI=1S/C15H21N3O2/c1-8-16-13(7-14(19)20)17-18(8)15-11-3-9-2-10(5-11)6-12(15)4-9/h9-12,15H,2-7H2,1H3,(H,19,20). The van der Waals surface area contributed by atoms with Crippen molar-refractivity contribution in [2.75, 3.05) is 0 Å². The summed E-state index contributed by atoms with van der Waals surface area (Å²) in [7, 11) is 0. The molecule has 4 fully saturated rings. The minimum atomic E-state index is -0.854. The lowest BCUT2D eigenvalue weighted by atomic mass is 9.54. The molecule has 4 aliphatic carbocycles. The topological polar surface area (TPSA) is 68.0 Å². The number of aromatic nitrogens is 3. The average molecular weight is 275 g/mol. The molecule has 1 heterocycles. The SMILES string of the molecule is Cc1nc(CC(=O)O)nn1C1C2CC3CC(C2)CC1C3. The van der Waals surface area contributed by atoms with Gasteiger partial charge in [0, 0.05) is 0 Å². The third kappa shape index (κ3) is 1.86. The third-order valence-corrected chi connectivity index (χ3v) is 5.61. The summed E-state index contributed by atoms with van der Waals surface area (Å²) in [5.74, 6) is 3.86. The molecule has 1 aromatic heterocycles. The van der Waals surface area contributed by atoms with Gasteiger partial charge in [-0.05, 0) is 62.7 Å². The first-order chi connectivity index (χ1) is 9.60. The molecule has 0 saturated heterocycles. The summed E-state index contributed by atoms with van der Waals surface area (Å²) in [5.41, 5.74) is 0. The zero-order valence-electron chi connectivity index (χ0n) is 11.8. The molecule has 20 heavy (non-hydrogen) atoms. The number of carbonyl (C=O) groups is 1. The molecule has 0 atom stereocenters. The Bertz CT molecular complexity index is 523. The highest BCUT2D eigenvalue weighted by Crippen LogP contribution is 2.58. The number of aliphatic carboxylic acids is 1. The first-order valence-corrected chi connectivity index (χ1v) is 7.74. The highest BCUT2D eigenvalue weighted by molar-refractivity contribution is 5.68. The maximum atomic E-state index is 10.8. The quantitative estimate of drug-likeness (QED) is 0.918. The number of carboxylic acids is 1. The van der Waals surface area contributed by atoms with Crippen LogP contribution in [0.2, 0.25) is 0 Å². The van der Waals surface area contributed by atoms with Crippen molar-refractivity contribution in [3.05, 3.63) is 11.6 Å². The Morgan fingerprint density at radius 2 is 1.80 bits per heavy atom. The van der Waals surface area contributed by atoms with Crippen LogP contribution >= 0.6 is 0 Å². The van der Waals surface area contributed by atoms with Crippen LogP contribution in [0.15, 0.2) is 0 Å². The summed E-state index contributed by atoms with van der Waals surface area (Å²) in [6.07, 6.45) is 6.73. The van der Waals surface area contributed by atoms with Crippen LogP contribution in [0.1, 0.15) is 49.8 Å². The summed E-state index contributed by atoms with van der Waals surface area (Å²) in [6.45, 7) is 1.96. The average Bonchev–Trinajstić information content (AvgIpc) is 2.68. The van der Waals surface area contributed by atoms with Crippen molar-refractivity contribution in [1.29, 1.82) is 0 Å². The van der Waals surface area contributed by atoms with Gasteiger partial charge in [-0.3, -0.25) is 4.79 Å². The van der Waals surface area contributed by atoms with E-state index in [2.05, 4.69) is 14.8 Å². The van der Waals surface area contributed by atoms with Crippen molar-refractivity contribution in [3.63, 3.8) is 0 Å². The van der Waals surface area contributed by atoms with Gasteiger partial charge in [-0.2, -0.15) is 5.10 Å². The van der Waals surface area contributed by atoms with Crippen LogP contribution in [0.3, 0.4) is 0 Å². The second-order valence-corrected chi connectivity index (χ2v) is 7.01. The molecule has 4 bridgehead atoms. The maximum Gasteiger partial charge on any atom is 0.311 e. The third-order valence-electron chi connectivity index (χ3n) is 5.61. The number of hydrogen-bond acceptors (Lipinski definition) is 3. The van der Waals surface area contributed by atoms with E-state index in [-0.39, 0.29) is 6.42 Å². The molecule has 0 aliphatic heterocycles. The molecule has 108 valence electrons. The van der Waals surface area contributed by atoms with E-state index in [0.717, 1.165) is 29.5 Å². The first kappa shape index (κ1) is 12.4. The molecule has 0 aromatic carbocycles. The fourth-order valence-electron chi connectivity index (χ4n) is 5.25. The molecule has 5 rings (SSSR count). The second-order valence-electron chi connectivity index (χ2n) is 7.01. The van der Waals surface area contributed by atoms with E-state index in [1.807, 2.05) is 6.92 Å². The summed E-state index contributed by atoms with van der Waals surface area (Å²) in [4.78, 5) is 15.2. The smallest absolute Gasteiger partial charge is 0.311 e. The molecule has 5 heteroatoms. The van der Waals surface area contributed by atoms with Crippen LogP contribution < -0.4 is 0 Å². The molecule has 0 radical (unpaired) electrons. The summed E-state index contributed by atoms with van der Waals surface area (Å²) < 4.78 is 2.06. The fraction of sp³-hybridized carbons (Fsp3) is 0.800. The lowest BCUT2D eigenvalue weighted by molar-refractivity contribution is -0.136. The summed E-state index contributed by atoms with van der Waals surface area (Å²) >= 11 is 0. The number of rotatable bonds is 3. The van der Waals surface area contributed by atoms with Crippen LogP contribution in [-0.2, 0) is 11.2 Å². The Hall–Kier alpha value is -1.39. The zero-order chi connectivity index (χ0) is 13.9. The predicted octanol–water partition coefficient (Wildman–Crippen LogP) is 2.21. The van der Waals surface area contributed by atoms with Gasteiger partial charge in [0.25, 0.3) is 0 Å². The van der Waals surface area contributed by atoms with E-state index in [4.69, 9.17) is 5.11 Å². The minimum Gasteiger partial charge on any atom is -0.481 e. The maximum absolute atomic E-state index is 10.8. The summed E-state index contributed by atoms with van der Waals surface area (Å²) in [5, 5.41) is 13.4. The molecule has 1 N–H and O–H groups in total. The minimum absolute atomic E-state index is 0.0683. The Kier molecular flexibility index (Phi) is 2.66. The van der Waals surface area contributed by atoms with Crippen LogP contribution in [0, 0.1) is 30.6 Å². The fourth-order valence-corrected chi connectivity index (χ4v) is 5.25. The molecule has 0 spiro atoms. The largest absolute Gasteiger partial charge is 0.481 e. The van der Waals surface area contributed by atoms with Crippen LogP contribution in [0.5, 0.6) is 0 Å². The van der Waals surface area contributed by atoms with Gasteiger partial charge in [-0.25, -0.2) is 9.67 Å². The molecule has 4 saturated carbocycles. The molecular formula is C15H21N3O2. The molecule has 1 aromatic rings. The predicted molar refractivity (Wildman–Crippen MR) is 72.2 cm³/mol. The van der Waals surface area contributed by atoms with E-state index in [1.54, 1.807) is 0 Å². The van der Waals surface area contributed by atoms with E-state index < -0.39 is 5.97 Å². The van der Waals surface area contributed by atoms with Gasteiger partial charge in [0.2, 0.25) is 0 Å². The van der Waals surface area contributed by atoms with E-state index >= 15 is 0 Å². The van der Waals surface area contributed by atoms with Crippen LogP contribution in [-0.4, -0.2) is 25.8 Å². The Balaban J connectivity index is 1.64. The van der Waals surface area contributed by atoms with Crippen molar-refractivity contribution in [1.82, 2.24) is 14.8 Å². The molecule has 0 unspecified atom stereocenters. The van der Waals surface area contributed by atoms with Crippen molar-refractivity contribution in [2.24, 2.45) is 23.7 Å².